The summed E-state index contributed by atoms with van der Waals surface area (Å²) >= 11 is 0. The first kappa shape index (κ1) is 14.0. The van der Waals surface area contributed by atoms with Crippen molar-refractivity contribution in [3.63, 3.8) is 0 Å². The van der Waals surface area contributed by atoms with Gasteiger partial charge in [-0.2, -0.15) is 0 Å². The molecule has 1 aliphatic heterocycles. The Bertz CT molecular complexity index is 277. The predicted molar refractivity (Wildman–Crippen MR) is 67.8 cm³/mol. The van der Waals surface area contributed by atoms with E-state index in [9.17, 15) is 9.90 Å². The standard InChI is InChI=1S/C12H23N3O2/c1-9(16)7-12(17)15-5-3-11(4-6-15)8-14-10(2)13/h9,11,16H,3-8H2,1-2H3,(H2,13,14). The minimum Gasteiger partial charge on any atom is -0.393 e. The average Bonchev–Trinajstić information content (AvgIpc) is 2.26. The molecule has 0 radical (unpaired) electrons. The molecule has 1 amide bonds. The maximum absolute atomic E-state index is 11.7. The van der Waals surface area contributed by atoms with Crippen molar-refractivity contribution in [1.29, 1.82) is 0 Å². The van der Waals surface area contributed by atoms with Crippen LogP contribution in [0.1, 0.15) is 33.1 Å². The van der Waals surface area contributed by atoms with Crippen LogP contribution in [-0.4, -0.2) is 47.5 Å². The van der Waals surface area contributed by atoms with Crippen LogP contribution < -0.4 is 5.73 Å². The molecule has 1 aliphatic rings. The number of hydrogen-bond acceptors (Lipinski definition) is 3. The van der Waals surface area contributed by atoms with E-state index in [1.54, 1.807) is 13.8 Å². The number of aliphatic imine (C=N–C) groups is 1. The molecule has 98 valence electrons. The fourth-order valence-corrected chi connectivity index (χ4v) is 2.02. The van der Waals surface area contributed by atoms with Gasteiger partial charge in [-0.05, 0) is 32.6 Å². The molecule has 0 aromatic carbocycles. The highest BCUT2D eigenvalue weighted by Crippen LogP contribution is 2.18. The first-order valence-electron chi connectivity index (χ1n) is 6.21. The quantitative estimate of drug-likeness (QED) is 0.551. The summed E-state index contributed by atoms with van der Waals surface area (Å²) in [5.41, 5.74) is 5.50. The Labute approximate surface area is 103 Å². The van der Waals surface area contributed by atoms with E-state index in [0.29, 0.717) is 11.8 Å². The molecule has 0 aliphatic carbocycles. The van der Waals surface area contributed by atoms with Crippen LogP contribution in [0.4, 0.5) is 0 Å². The Morgan fingerprint density at radius 1 is 1.53 bits per heavy atom. The second-order valence-electron chi connectivity index (χ2n) is 4.86. The molecule has 3 N–H and O–H groups in total. The molecule has 1 rings (SSSR count). The molecule has 1 unspecified atom stereocenters. The third-order valence-corrected chi connectivity index (χ3v) is 3.04. The van der Waals surface area contributed by atoms with Gasteiger partial charge < -0.3 is 15.7 Å². The van der Waals surface area contributed by atoms with Crippen LogP contribution in [0.25, 0.3) is 0 Å². The molecule has 1 saturated heterocycles. The van der Waals surface area contributed by atoms with Crippen LogP contribution in [0, 0.1) is 5.92 Å². The van der Waals surface area contributed by atoms with E-state index in [-0.39, 0.29) is 12.3 Å². The fourth-order valence-electron chi connectivity index (χ4n) is 2.02. The molecular weight excluding hydrogens is 218 g/mol. The number of amidine groups is 1. The summed E-state index contributed by atoms with van der Waals surface area (Å²) in [4.78, 5) is 17.8. The summed E-state index contributed by atoms with van der Waals surface area (Å²) in [7, 11) is 0. The van der Waals surface area contributed by atoms with Gasteiger partial charge in [-0.1, -0.05) is 0 Å². The van der Waals surface area contributed by atoms with E-state index < -0.39 is 6.10 Å². The van der Waals surface area contributed by atoms with E-state index in [1.807, 2.05) is 4.90 Å². The van der Waals surface area contributed by atoms with Gasteiger partial charge in [-0.15, -0.1) is 0 Å². The first-order valence-corrected chi connectivity index (χ1v) is 6.21. The maximum atomic E-state index is 11.7. The van der Waals surface area contributed by atoms with Crippen molar-refractivity contribution < 1.29 is 9.90 Å². The van der Waals surface area contributed by atoms with Crippen molar-refractivity contribution >= 4 is 11.7 Å². The molecule has 0 aromatic heterocycles. The second-order valence-corrected chi connectivity index (χ2v) is 4.86. The van der Waals surface area contributed by atoms with Crippen molar-refractivity contribution in [1.82, 2.24) is 4.90 Å². The van der Waals surface area contributed by atoms with Crippen LogP contribution in [-0.2, 0) is 4.79 Å². The number of hydrogen-bond donors (Lipinski definition) is 2. The minimum absolute atomic E-state index is 0.0527. The van der Waals surface area contributed by atoms with Crippen molar-refractivity contribution in [2.45, 2.75) is 39.2 Å². The van der Waals surface area contributed by atoms with E-state index >= 15 is 0 Å². The lowest BCUT2D eigenvalue weighted by Crippen LogP contribution is -2.40. The van der Waals surface area contributed by atoms with Crippen molar-refractivity contribution in [3.8, 4) is 0 Å². The van der Waals surface area contributed by atoms with E-state index in [0.717, 1.165) is 32.5 Å². The van der Waals surface area contributed by atoms with Gasteiger partial charge in [-0.3, -0.25) is 9.79 Å². The Morgan fingerprint density at radius 3 is 2.59 bits per heavy atom. The summed E-state index contributed by atoms with van der Waals surface area (Å²) in [6.45, 7) is 5.75. The monoisotopic (exact) mass is 241 g/mol. The molecule has 5 heteroatoms. The summed E-state index contributed by atoms with van der Waals surface area (Å²) in [6.07, 6.45) is 1.62. The normalized spacial score (nSPS) is 20.4. The zero-order chi connectivity index (χ0) is 12.8. The van der Waals surface area contributed by atoms with Gasteiger partial charge in [0.15, 0.2) is 0 Å². The van der Waals surface area contributed by atoms with Gasteiger partial charge >= 0.3 is 0 Å². The zero-order valence-corrected chi connectivity index (χ0v) is 10.7. The maximum Gasteiger partial charge on any atom is 0.225 e. The van der Waals surface area contributed by atoms with Crippen molar-refractivity contribution in [2.24, 2.45) is 16.6 Å². The van der Waals surface area contributed by atoms with Gasteiger partial charge in [0, 0.05) is 19.6 Å². The van der Waals surface area contributed by atoms with Gasteiger partial charge in [-0.25, -0.2) is 0 Å². The number of amides is 1. The lowest BCUT2D eigenvalue weighted by Gasteiger charge is -2.31. The number of nitrogens with two attached hydrogens (primary N) is 1. The number of aliphatic hydroxyl groups is 1. The molecular formula is C12H23N3O2. The number of carbonyl (C=O) groups excluding carboxylic acids is 1. The van der Waals surface area contributed by atoms with Crippen molar-refractivity contribution in [2.75, 3.05) is 19.6 Å². The van der Waals surface area contributed by atoms with Crippen LogP contribution in [0.15, 0.2) is 4.99 Å². The molecule has 17 heavy (non-hydrogen) atoms. The van der Waals surface area contributed by atoms with E-state index in [4.69, 9.17) is 5.73 Å². The number of rotatable bonds is 4. The number of aliphatic hydroxyl groups excluding tert-OH is 1. The molecule has 1 heterocycles. The Kier molecular flexibility index (Phi) is 5.41. The molecule has 0 bridgehead atoms. The third-order valence-electron chi connectivity index (χ3n) is 3.04. The second kappa shape index (κ2) is 6.59. The lowest BCUT2D eigenvalue weighted by atomic mass is 9.96. The van der Waals surface area contributed by atoms with Gasteiger partial charge in [0.2, 0.25) is 5.91 Å². The number of likely N-dealkylation sites (tertiary alicyclic amines) is 1. The van der Waals surface area contributed by atoms with Crippen LogP contribution in [0.2, 0.25) is 0 Å². The Morgan fingerprint density at radius 2 is 2.12 bits per heavy atom. The highest BCUT2D eigenvalue weighted by molar-refractivity contribution is 5.77. The lowest BCUT2D eigenvalue weighted by molar-refractivity contribution is -0.134. The molecule has 1 atom stereocenters. The summed E-state index contributed by atoms with van der Waals surface area (Å²) in [5, 5.41) is 9.17. The fraction of sp³-hybridized carbons (Fsp3) is 0.833. The molecule has 0 aromatic rings. The number of carbonyl (C=O) groups is 1. The zero-order valence-electron chi connectivity index (χ0n) is 10.7. The van der Waals surface area contributed by atoms with E-state index in [2.05, 4.69) is 4.99 Å². The summed E-state index contributed by atoms with van der Waals surface area (Å²) in [5.74, 6) is 1.21. The van der Waals surface area contributed by atoms with Gasteiger partial charge in [0.05, 0.1) is 18.4 Å². The molecule has 5 nitrogen and oxygen atoms in total. The van der Waals surface area contributed by atoms with Crippen molar-refractivity contribution in [3.05, 3.63) is 0 Å². The summed E-state index contributed by atoms with van der Waals surface area (Å²) in [6, 6.07) is 0. The van der Waals surface area contributed by atoms with Crippen LogP contribution in [0.3, 0.4) is 0 Å². The Balaban J connectivity index is 2.30. The highest BCUT2D eigenvalue weighted by Gasteiger charge is 2.22. The van der Waals surface area contributed by atoms with Crippen LogP contribution >= 0.6 is 0 Å². The third kappa shape index (κ3) is 5.17. The predicted octanol–water partition coefficient (Wildman–Crippen LogP) is 0.373. The SMILES string of the molecule is CC(N)=NCC1CCN(C(=O)CC(C)O)CC1. The Hall–Kier alpha value is -1.10. The van der Waals surface area contributed by atoms with E-state index in [1.165, 1.54) is 0 Å². The highest BCUT2D eigenvalue weighted by atomic mass is 16.3. The topological polar surface area (TPSA) is 78.9 Å². The van der Waals surface area contributed by atoms with Gasteiger partial charge in [0.1, 0.15) is 0 Å². The molecule has 0 spiro atoms. The molecule has 1 fully saturated rings. The van der Waals surface area contributed by atoms with Gasteiger partial charge in [0.25, 0.3) is 0 Å². The first-order chi connectivity index (χ1) is 7.99. The number of piperidine rings is 1. The van der Waals surface area contributed by atoms with Crippen LogP contribution in [0.5, 0.6) is 0 Å². The smallest absolute Gasteiger partial charge is 0.225 e. The summed E-state index contributed by atoms with van der Waals surface area (Å²) < 4.78 is 0. The largest absolute Gasteiger partial charge is 0.393 e. The number of nitrogens with zero attached hydrogens (tertiary/aromatic N) is 2. The minimum atomic E-state index is -0.551. The molecule has 0 saturated carbocycles. The average molecular weight is 241 g/mol.